The van der Waals surface area contributed by atoms with Gasteiger partial charge in [-0.3, -0.25) is 4.99 Å². The van der Waals surface area contributed by atoms with Crippen LogP contribution in [0.25, 0.3) is 102 Å². The highest BCUT2D eigenvalue weighted by molar-refractivity contribution is 7.27. The number of fused-ring (bicyclic) bond motifs is 13. The predicted molar refractivity (Wildman–Crippen MR) is 271 cm³/mol. The molecule has 0 saturated heterocycles. The molecule has 0 saturated carbocycles. The van der Waals surface area contributed by atoms with E-state index in [9.17, 15) is 0 Å². The van der Waals surface area contributed by atoms with Crippen LogP contribution in [-0.2, 0) is 0 Å². The Labute approximate surface area is 371 Å². The fourth-order valence-electron chi connectivity index (χ4n) is 10.7. The van der Waals surface area contributed by atoms with Crippen molar-refractivity contribution in [3.8, 4) is 5.69 Å². The van der Waals surface area contributed by atoms with Crippen LogP contribution in [0.15, 0.2) is 209 Å². The third-order valence-corrected chi connectivity index (χ3v) is 15.0. The van der Waals surface area contributed by atoms with Crippen LogP contribution in [-0.4, -0.2) is 16.1 Å². The Kier molecular flexibility index (Phi) is 7.57. The first-order valence-electron chi connectivity index (χ1n) is 22.0. The second-order valence-corrected chi connectivity index (χ2v) is 18.3. The van der Waals surface area contributed by atoms with Gasteiger partial charge < -0.3 is 8.98 Å². The molecule has 4 heterocycles. The van der Waals surface area contributed by atoms with E-state index in [2.05, 4.69) is 193 Å². The fraction of sp³-hybridized carbons (Fsp3) is 0.0508. The summed E-state index contributed by atoms with van der Waals surface area (Å²) in [5.74, 6) is 0.681. The molecular weight excluding hydrogens is 799 g/mol. The van der Waals surface area contributed by atoms with E-state index >= 15 is 0 Å². The summed E-state index contributed by atoms with van der Waals surface area (Å²) in [7, 11) is 0. The topological polar surface area (TPSA) is 42.8 Å². The highest BCUT2D eigenvalue weighted by atomic mass is 32.1. The summed E-state index contributed by atoms with van der Waals surface area (Å²) in [4.78, 5) is 11.5. The van der Waals surface area contributed by atoms with Crippen LogP contribution in [0.1, 0.15) is 29.7 Å². The zero-order valence-corrected chi connectivity index (χ0v) is 35.6. The average molecular weight is 836 g/mol. The monoisotopic (exact) mass is 835 g/mol. The number of rotatable bonds is 4. The Balaban J connectivity index is 1.11. The van der Waals surface area contributed by atoms with E-state index in [-0.39, 0.29) is 12.0 Å². The van der Waals surface area contributed by atoms with Crippen LogP contribution in [0.5, 0.6) is 0 Å². The predicted octanol–water partition coefficient (Wildman–Crippen LogP) is 16.1. The van der Waals surface area contributed by atoms with E-state index in [1.165, 1.54) is 63.3 Å². The van der Waals surface area contributed by atoms with Crippen LogP contribution in [0.4, 0.5) is 0 Å². The lowest BCUT2D eigenvalue weighted by Gasteiger charge is -2.29. The molecule has 0 aliphatic carbocycles. The molecule has 0 radical (unpaired) electrons. The maximum absolute atomic E-state index is 6.51. The van der Waals surface area contributed by atoms with Crippen molar-refractivity contribution >= 4 is 119 Å². The van der Waals surface area contributed by atoms with E-state index in [4.69, 9.17) is 14.4 Å². The molecule has 5 heteroatoms. The Morgan fingerprint density at radius 1 is 0.453 bits per heavy atom. The van der Waals surface area contributed by atoms with Gasteiger partial charge in [0.2, 0.25) is 0 Å². The number of furan rings is 1. The molecule has 4 nitrogen and oxygen atoms in total. The summed E-state index contributed by atoms with van der Waals surface area (Å²) in [5.41, 5.74) is 9.43. The van der Waals surface area contributed by atoms with Gasteiger partial charge in [-0.05, 0) is 74.3 Å². The van der Waals surface area contributed by atoms with Crippen molar-refractivity contribution in [2.45, 2.75) is 13.0 Å². The Morgan fingerprint density at radius 2 is 1.09 bits per heavy atom. The first kappa shape index (κ1) is 35.7. The fourth-order valence-corrected chi connectivity index (χ4v) is 12.0. The van der Waals surface area contributed by atoms with Gasteiger partial charge in [-0.25, -0.2) is 4.99 Å². The maximum atomic E-state index is 6.51. The number of aliphatic imine (C=N–C) groups is 2. The third kappa shape index (κ3) is 5.16. The first-order chi connectivity index (χ1) is 31.6. The first-order valence-corrected chi connectivity index (χ1v) is 22.8. The van der Waals surface area contributed by atoms with Gasteiger partial charge in [0, 0.05) is 54.1 Å². The van der Waals surface area contributed by atoms with Crippen molar-refractivity contribution < 1.29 is 4.42 Å². The molecule has 1 aliphatic heterocycles. The van der Waals surface area contributed by atoms with Crippen molar-refractivity contribution in [1.82, 2.24) is 4.57 Å². The Morgan fingerprint density at radius 3 is 1.95 bits per heavy atom. The molecule has 2 unspecified atom stereocenters. The van der Waals surface area contributed by atoms with Crippen molar-refractivity contribution in [2.24, 2.45) is 15.9 Å². The van der Waals surface area contributed by atoms with Crippen LogP contribution in [0, 0.1) is 5.92 Å². The van der Waals surface area contributed by atoms with Crippen LogP contribution < -0.4 is 0 Å². The highest BCUT2D eigenvalue weighted by Crippen LogP contribution is 2.47. The van der Waals surface area contributed by atoms with Crippen LogP contribution in [0.2, 0.25) is 0 Å². The lowest BCUT2D eigenvalue weighted by Crippen LogP contribution is -2.27. The second kappa shape index (κ2) is 13.6. The van der Waals surface area contributed by atoms with E-state index in [0.717, 1.165) is 66.9 Å². The molecular formula is C59H37N3OS. The minimum Gasteiger partial charge on any atom is -0.456 e. The summed E-state index contributed by atoms with van der Waals surface area (Å²) < 4.78 is 11.5. The highest BCUT2D eigenvalue weighted by Gasteiger charge is 2.33. The van der Waals surface area contributed by atoms with Gasteiger partial charge in [0.1, 0.15) is 11.2 Å². The number of hydrogen-bond acceptors (Lipinski definition) is 4. The average Bonchev–Trinajstić information content (AvgIpc) is 4.02. The molecule has 0 amide bonds. The summed E-state index contributed by atoms with van der Waals surface area (Å²) in [6.07, 6.45) is 0. The van der Waals surface area contributed by atoms with Gasteiger partial charge in [0.15, 0.2) is 5.84 Å². The van der Waals surface area contributed by atoms with Crippen molar-refractivity contribution in [3.63, 3.8) is 0 Å². The van der Waals surface area contributed by atoms with E-state index < -0.39 is 0 Å². The third-order valence-electron chi connectivity index (χ3n) is 13.7. The van der Waals surface area contributed by atoms with E-state index in [1.54, 1.807) is 0 Å². The summed E-state index contributed by atoms with van der Waals surface area (Å²) in [6, 6.07) is 70.2. The van der Waals surface area contributed by atoms with E-state index in [0.29, 0.717) is 0 Å². The molecule has 13 aromatic rings. The molecule has 14 rings (SSSR count). The SMILES string of the molecule is CC1C(c2cccc3ccccc23)=NC(c2ccc3c(sc4c5ccccc5ccc34)c2-n2c3ccccc3c3cc4ccccc4cc32)=NC1c1ccc2c(c1)oc1ccccc12. The van der Waals surface area contributed by atoms with Crippen molar-refractivity contribution in [2.75, 3.05) is 0 Å². The zero-order chi connectivity index (χ0) is 42.0. The quantitative estimate of drug-likeness (QED) is 0.174. The van der Waals surface area contributed by atoms with Crippen LogP contribution >= 0.6 is 11.3 Å². The molecule has 3 aromatic heterocycles. The molecule has 0 N–H and O–H groups in total. The van der Waals surface area contributed by atoms with Gasteiger partial charge in [0.05, 0.1) is 33.2 Å². The smallest absolute Gasteiger partial charge is 0.157 e. The molecule has 300 valence electrons. The number of benzene rings is 10. The summed E-state index contributed by atoms with van der Waals surface area (Å²) in [6.45, 7) is 2.29. The second-order valence-electron chi connectivity index (χ2n) is 17.2. The molecule has 0 spiro atoms. The van der Waals surface area contributed by atoms with Gasteiger partial charge in [-0.1, -0.05) is 165 Å². The normalized spacial score (nSPS) is 15.8. The number of para-hydroxylation sites is 2. The van der Waals surface area contributed by atoms with Crippen LogP contribution in [0.3, 0.4) is 0 Å². The zero-order valence-electron chi connectivity index (χ0n) is 34.8. The van der Waals surface area contributed by atoms with Gasteiger partial charge in [0.25, 0.3) is 0 Å². The number of hydrogen-bond donors (Lipinski definition) is 0. The van der Waals surface area contributed by atoms with E-state index in [1.807, 2.05) is 23.5 Å². The number of thiophene rings is 1. The number of amidine groups is 1. The molecule has 1 aliphatic rings. The van der Waals surface area contributed by atoms with Gasteiger partial charge in [-0.2, -0.15) is 0 Å². The lowest BCUT2D eigenvalue weighted by atomic mass is 9.84. The maximum Gasteiger partial charge on any atom is 0.157 e. The molecule has 10 aromatic carbocycles. The molecule has 0 bridgehead atoms. The summed E-state index contributed by atoms with van der Waals surface area (Å²) >= 11 is 1.88. The molecule has 2 atom stereocenters. The lowest BCUT2D eigenvalue weighted by molar-refractivity contribution is 0.590. The standard InChI is InChI=1S/C59H37N3OS/c1-34-54(39-26-27-44-43-21-9-11-24-52(43)63-53(44)33-39)60-59(61-55(34)45-22-12-17-35-13-4-6-18-40(35)45)48-30-29-47-46-28-25-36-14-5-7-19-41(36)57(46)64-58(47)56(48)62-50-23-10-8-20-42(50)49-31-37-15-2-3-16-38(37)32-51(49)62/h2-34,54H,1H3. The number of aromatic nitrogens is 1. The largest absolute Gasteiger partial charge is 0.456 e. The molecule has 0 fully saturated rings. The number of nitrogens with zero attached hydrogens (tertiary/aromatic N) is 3. The van der Waals surface area contributed by atoms with Crippen molar-refractivity contribution in [3.05, 3.63) is 211 Å². The Bertz CT molecular complexity index is 4180. The minimum absolute atomic E-state index is 0.0427. The Hall–Kier alpha value is -7.86. The van der Waals surface area contributed by atoms with Gasteiger partial charge >= 0.3 is 0 Å². The minimum atomic E-state index is -0.240. The van der Waals surface area contributed by atoms with Crippen molar-refractivity contribution in [1.29, 1.82) is 0 Å². The summed E-state index contributed by atoms with van der Waals surface area (Å²) in [5, 5.41) is 14.5. The van der Waals surface area contributed by atoms with Gasteiger partial charge in [-0.15, -0.1) is 11.3 Å². The molecule has 64 heavy (non-hydrogen) atoms.